The Bertz CT molecular complexity index is 274. The number of fused-ring (bicyclic) bond motifs is 2. The van der Waals surface area contributed by atoms with Crippen LogP contribution in [0.1, 0.15) is 39.5 Å². The Balaban J connectivity index is 2.34. The average Bonchev–Trinajstić information content (AvgIpc) is 2.36. The van der Waals surface area contributed by atoms with Crippen molar-refractivity contribution in [3.05, 3.63) is 0 Å². The van der Waals surface area contributed by atoms with Crippen molar-refractivity contribution in [2.75, 3.05) is 0 Å². The Morgan fingerprint density at radius 3 is 2.57 bits per heavy atom. The minimum absolute atomic E-state index is 0.0624. The summed E-state index contributed by atoms with van der Waals surface area (Å²) >= 11 is 6.33. The van der Waals surface area contributed by atoms with E-state index < -0.39 is 5.97 Å². The van der Waals surface area contributed by atoms with Crippen molar-refractivity contribution in [3.8, 4) is 0 Å². The lowest BCUT2D eigenvalue weighted by Crippen LogP contribution is -2.38. The molecule has 14 heavy (non-hydrogen) atoms. The Morgan fingerprint density at radius 2 is 2.21 bits per heavy atom. The van der Waals surface area contributed by atoms with Crippen molar-refractivity contribution in [3.63, 3.8) is 0 Å². The fraction of sp³-hybridized carbons (Fsp3) is 0.909. The molecule has 0 amide bonds. The molecular weight excluding hydrogens is 200 g/mol. The highest BCUT2D eigenvalue weighted by Gasteiger charge is 2.63. The highest BCUT2D eigenvalue weighted by molar-refractivity contribution is 6.21. The summed E-state index contributed by atoms with van der Waals surface area (Å²) in [6.07, 6.45) is 3.39. The summed E-state index contributed by atoms with van der Waals surface area (Å²) in [5.74, 6) is -0.0735. The third kappa shape index (κ3) is 1.06. The Kier molecular flexibility index (Phi) is 2.11. The van der Waals surface area contributed by atoms with E-state index in [1.165, 1.54) is 0 Å². The van der Waals surface area contributed by atoms with Crippen LogP contribution >= 0.6 is 11.6 Å². The number of carbonyl (C=O) groups is 1. The average molecular weight is 217 g/mol. The zero-order chi connectivity index (χ0) is 10.6. The van der Waals surface area contributed by atoms with E-state index in [9.17, 15) is 4.79 Å². The molecule has 0 radical (unpaired) electrons. The van der Waals surface area contributed by atoms with Crippen LogP contribution in [0.25, 0.3) is 0 Å². The minimum atomic E-state index is -0.703. The zero-order valence-electron chi connectivity index (χ0n) is 8.72. The van der Waals surface area contributed by atoms with Gasteiger partial charge in [-0.15, -0.1) is 11.6 Å². The van der Waals surface area contributed by atoms with Crippen LogP contribution in [-0.4, -0.2) is 16.5 Å². The molecular formula is C11H17ClO2. The van der Waals surface area contributed by atoms with Gasteiger partial charge in [0.05, 0.1) is 6.42 Å². The van der Waals surface area contributed by atoms with Crippen LogP contribution in [0.5, 0.6) is 0 Å². The van der Waals surface area contributed by atoms with Crippen LogP contribution in [0, 0.1) is 16.7 Å². The predicted octanol–water partition coefficient (Wildman–Crippen LogP) is 2.89. The highest BCUT2D eigenvalue weighted by atomic mass is 35.5. The molecule has 0 aliphatic heterocycles. The molecule has 0 heterocycles. The van der Waals surface area contributed by atoms with Gasteiger partial charge >= 0.3 is 5.97 Å². The maximum absolute atomic E-state index is 10.9. The molecule has 0 spiro atoms. The van der Waals surface area contributed by atoms with Crippen molar-refractivity contribution in [1.29, 1.82) is 0 Å². The first-order valence-electron chi connectivity index (χ1n) is 5.26. The first-order valence-corrected chi connectivity index (χ1v) is 5.70. The van der Waals surface area contributed by atoms with Gasteiger partial charge in [-0.05, 0) is 30.6 Å². The molecule has 0 unspecified atom stereocenters. The van der Waals surface area contributed by atoms with Crippen LogP contribution in [0.3, 0.4) is 0 Å². The summed E-state index contributed by atoms with van der Waals surface area (Å²) in [5, 5.41) is 9.04. The lowest BCUT2D eigenvalue weighted by Gasteiger charge is -2.39. The molecule has 2 bridgehead atoms. The van der Waals surface area contributed by atoms with E-state index in [-0.39, 0.29) is 22.6 Å². The second-order valence-corrected chi connectivity index (χ2v) is 5.91. The third-order valence-electron chi connectivity index (χ3n) is 4.80. The number of aliphatic carboxylic acids is 1. The molecule has 2 aliphatic rings. The van der Waals surface area contributed by atoms with E-state index in [1.807, 2.05) is 0 Å². The Labute approximate surface area is 89.6 Å². The molecule has 2 nitrogen and oxygen atoms in total. The molecule has 2 aliphatic carbocycles. The normalized spacial score (nSPS) is 44.2. The number of halogens is 1. The SMILES string of the molecule is CC1(C)[C@H]2CC[C@@]1(CC(=O)O)[C@@H](Cl)C2. The van der Waals surface area contributed by atoms with Gasteiger partial charge in [0.25, 0.3) is 0 Å². The molecule has 3 atom stereocenters. The molecule has 2 rings (SSSR count). The fourth-order valence-corrected chi connectivity index (χ4v) is 4.35. The van der Waals surface area contributed by atoms with E-state index in [4.69, 9.17) is 16.7 Å². The van der Waals surface area contributed by atoms with Crippen molar-refractivity contribution in [2.24, 2.45) is 16.7 Å². The first kappa shape index (κ1) is 10.3. The summed E-state index contributed by atoms with van der Waals surface area (Å²) in [5.41, 5.74) is -0.0388. The van der Waals surface area contributed by atoms with E-state index in [0.717, 1.165) is 19.3 Å². The number of hydrogen-bond donors (Lipinski definition) is 1. The summed E-state index contributed by atoms with van der Waals surface area (Å²) in [6, 6.07) is 0. The van der Waals surface area contributed by atoms with Crippen LogP contribution in [0.4, 0.5) is 0 Å². The first-order chi connectivity index (χ1) is 6.40. The molecule has 0 aromatic rings. The lowest BCUT2D eigenvalue weighted by atomic mass is 9.67. The van der Waals surface area contributed by atoms with E-state index in [0.29, 0.717) is 5.92 Å². The maximum atomic E-state index is 10.9. The van der Waals surface area contributed by atoms with Crippen LogP contribution in [-0.2, 0) is 4.79 Å². The van der Waals surface area contributed by atoms with E-state index in [1.54, 1.807) is 0 Å². The lowest BCUT2D eigenvalue weighted by molar-refractivity contribution is -0.141. The molecule has 2 fully saturated rings. The highest BCUT2D eigenvalue weighted by Crippen LogP contribution is 2.68. The predicted molar refractivity (Wildman–Crippen MR) is 55.4 cm³/mol. The van der Waals surface area contributed by atoms with Gasteiger partial charge in [0.2, 0.25) is 0 Å². The van der Waals surface area contributed by atoms with E-state index in [2.05, 4.69) is 13.8 Å². The molecule has 3 heteroatoms. The van der Waals surface area contributed by atoms with Gasteiger partial charge in [-0.3, -0.25) is 4.79 Å². The summed E-state index contributed by atoms with van der Waals surface area (Å²) < 4.78 is 0. The monoisotopic (exact) mass is 216 g/mol. The number of carboxylic acid groups (broad SMARTS) is 1. The van der Waals surface area contributed by atoms with Crippen molar-refractivity contribution < 1.29 is 9.90 Å². The van der Waals surface area contributed by atoms with Crippen LogP contribution in [0.15, 0.2) is 0 Å². The summed E-state index contributed by atoms with van der Waals surface area (Å²) in [4.78, 5) is 10.9. The van der Waals surface area contributed by atoms with Gasteiger partial charge in [0.1, 0.15) is 0 Å². The van der Waals surface area contributed by atoms with Crippen LogP contribution < -0.4 is 0 Å². The quantitative estimate of drug-likeness (QED) is 0.721. The summed E-state index contributed by atoms with van der Waals surface area (Å²) in [6.45, 7) is 4.38. The van der Waals surface area contributed by atoms with Gasteiger partial charge < -0.3 is 5.11 Å². The van der Waals surface area contributed by atoms with E-state index >= 15 is 0 Å². The Morgan fingerprint density at radius 1 is 1.57 bits per heavy atom. The van der Waals surface area contributed by atoms with Crippen molar-refractivity contribution >= 4 is 17.6 Å². The van der Waals surface area contributed by atoms with Crippen LogP contribution in [0.2, 0.25) is 0 Å². The Hall–Kier alpha value is -0.240. The molecule has 80 valence electrons. The molecule has 0 aromatic carbocycles. The van der Waals surface area contributed by atoms with Gasteiger partial charge in [-0.1, -0.05) is 13.8 Å². The second-order valence-electron chi connectivity index (χ2n) is 5.39. The standard InChI is InChI=1S/C11H17ClO2/c1-10(2)7-3-4-11(10,6-9(13)14)8(12)5-7/h7-8H,3-6H2,1-2H3,(H,13,14)/t7-,8-,11+/m0/s1. The number of carboxylic acids is 1. The number of alkyl halides is 1. The fourth-order valence-electron chi connectivity index (χ4n) is 3.67. The maximum Gasteiger partial charge on any atom is 0.303 e. The van der Waals surface area contributed by atoms with Gasteiger partial charge in [-0.2, -0.15) is 0 Å². The topological polar surface area (TPSA) is 37.3 Å². The molecule has 1 N–H and O–H groups in total. The molecule has 0 aromatic heterocycles. The van der Waals surface area contributed by atoms with Crippen molar-refractivity contribution in [1.82, 2.24) is 0 Å². The third-order valence-corrected chi connectivity index (χ3v) is 5.40. The zero-order valence-corrected chi connectivity index (χ0v) is 9.47. The van der Waals surface area contributed by atoms with Gasteiger partial charge in [0, 0.05) is 10.8 Å². The van der Waals surface area contributed by atoms with Gasteiger partial charge in [-0.25, -0.2) is 0 Å². The van der Waals surface area contributed by atoms with Crippen molar-refractivity contribution in [2.45, 2.75) is 44.9 Å². The van der Waals surface area contributed by atoms with Gasteiger partial charge in [0.15, 0.2) is 0 Å². The smallest absolute Gasteiger partial charge is 0.303 e. The molecule has 2 saturated carbocycles. The molecule has 0 saturated heterocycles. The second kappa shape index (κ2) is 2.88. The largest absolute Gasteiger partial charge is 0.481 e. The minimum Gasteiger partial charge on any atom is -0.481 e. The summed E-state index contributed by atoms with van der Waals surface area (Å²) in [7, 11) is 0. The number of hydrogen-bond acceptors (Lipinski definition) is 1. The number of rotatable bonds is 2.